The molecule has 2 rings (SSSR count). The van der Waals surface area contributed by atoms with E-state index in [1.165, 1.54) is 6.92 Å². The number of aromatic amines is 1. The Kier molecular flexibility index (Phi) is 4.35. The van der Waals surface area contributed by atoms with Crippen LogP contribution in [0, 0.1) is 12.3 Å². The zero-order valence-corrected chi connectivity index (χ0v) is 13.9. The minimum absolute atomic E-state index is 0.0495. The molecular formula is C13H20ClN3O3S. The number of carbonyl (C=O) groups excluding carboxylic acids is 1. The Morgan fingerprint density at radius 1 is 1.38 bits per heavy atom. The van der Waals surface area contributed by atoms with Gasteiger partial charge in [0.2, 0.25) is 0 Å². The lowest BCUT2D eigenvalue weighted by atomic mass is 9.75. The maximum Gasteiger partial charge on any atom is 0.273 e. The molecule has 1 aromatic heterocycles. The minimum atomic E-state index is -4.01. The van der Waals surface area contributed by atoms with E-state index >= 15 is 0 Å². The van der Waals surface area contributed by atoms with E-state index in [0.717, 1.165) is 25.7 Å². The van der Waals surface area contributed by atoms with Crippen molar-refractivity contribution in [1.82, 2.24) is 15.5 Å². The smallest absolute Gasteiger partial charge is 0.273 e. The molecule has 21 heavy (non-hydrogen) atoms. The Morgan fingerprint density at radius 2 is 1.95 bits per heavy atom. The number of nitrogens with one attached hydrogen (secondary N) is 2. The van der Waals surface area contributed by atoms with Gasteiger partial charge in [-0.25, -0.2) is 8.42 Å². The molecule has 1 heterocycles. The van der Waals surface area contributed by atoms with Crippen molar-refractivity contribution in [1.29, 1.82) is 0 Å². The number of halogens is 1. The maximum absolute atomic E-state index is 12.2. The van der Waals surface area contributed by atoms with E-state index in [2.05, 4.69) is 29.4 Å². The number of hydrogen-bond donors (Lipinski definition) is 2. The molecule has 118 valence electrons. The fraction of sp³-hybridized carbons (Fsp3) is 0.692. The SMILES string of the molecule is Cc1[nH]nc(C(=O)NC2CCC(C)(C)CC2)c1S(=O)(=O)Cl. The van der Waals surface area contributed by atoms with Crippen molar-refractivity contribution in [3.05, 3.63) is 11.4 Å². The van der Waals surface area contributed by atoms with Gasteiger partial charge in [0.15, 0.2) is 5.69 Å². The van der Waals surface area contributed by atoms with Crippen LogP contribution in [-0.4, -0.2) is 30.6 Å². The fourth-order valence-corrected chi connectivity index (χ4v) is 4.02. The molecule has 0 unspecified atom stereocenters. The minimum Gasteiger partial charge on any atom is -0.348 e. The van der Waals surface area contributed by atoms with Crippen molar-refractivity contribution >= 4 is 25.6 Å². The molecular weight excluding hydrogens is 314 g/mol. The Balaban J connectivity index is 2.12. The zero-order valence-electron chi connectivity index (χ0n) is 12.4. The molecule has 1 aliphatic carbocycles. The fourth-order valence-electron chi connectivity index (χ4n) is 2.67. The van der Waals surface area contributed by atoms with Crippen LogP contribution in [-0.2, 0) is 9.05 Å². The average molecular weight is 334 g/mol. The molecule has 0 saturated heterocycles. The maximum atomic E-state index is 12.2. The summed E-state index contributed by atoms with van der Waals surface area (Å²) in [5.74, 6) is -0.497. The van der Waals surface area contributed by atoms with Crippen LogP contribution in [0.2, 0.25) is 0 Å². The van der Waals surface area contributed by atoms with E-state index in [1.807, 2.05) is 0 Å². The Labute approximate surface area is 129 Å². The summed E-state index contributed by atoms with van der Waals surface area (Å²) in [5, 5.41) is 9.13. The molecule has 6 nitrogen and oxygen atoms in total. The van der Waals surface area contributed by atoms with Gasteiger partial charge in [-0.3, -0.25) is 9.89 Å². The molecule has 0 aromatic carbocycles. The molecule has 0 radical (unpaired) electrons. The second kappa shape index (κ2) is 5.61. The van der Waals surface area contributed by atoms with E-state index in [4.69, 9.17) is 10.7 Å². The predicted octanol–water partition coefficient (Wildman–Crippen LogP) is 2.34. The summed E-state index contributed by atoms with van der Waals surface area (Å²) in [6.45, 7) is 5.93. The highest BCUT2D eigenvalue weighted by molar-refractivity contribution is 8.13. The highest BCUT2D eigenvalue weighted by Gasteiger charge is 2.31. The van der Waals surface area contributed by atoms with Crippen LogP contribution < -0.4 is 5.32 Å². The topological polar surface area (TPSA) is 91.9 Å². The number of H-pyrrole nitrogens is 1. The van der Waals surface area contributed by atoms with Crippen LogP contribution in [0.5, 0.6) is 0 Å². The molecule has 1 saturated carbocycles. The molecule has 1 amide bonds. The van der Waals surface area contributed by atoms with Crippen LogP contribution in [0.4, 0.5) is 0 Å². The highest BCUT2D eigenvalue weighted by Crippen LogP contribution is 2.35. The van der Waals surface area contributed by atoms with Crippen LogP contribution in [0.1, 0.15) is 55.7 Å². The van der Waals surface area contributed by atoms with Crippen LogP contribution in [0.15, 0.2) is 4.90 Å². The van der Waals surface area contributed by atoms with Gasteiger partial charge in [0.25, 0.3) is 15.0 Å². The van der Waals surface area contributed by atoms with Gasteiger partial charge in [-0.2, -0.15) is 5.10 Å². The summed E-state index contributed by atoms with van der Waals surface area (Å²) in [6, 6.07) is 0.0495. The molecule has 1 aliphatic rings. The van der Waals surface area contributed by atoms with Gasteiger partial charge < -0.3 is 5.32 Å². The summed E-state index contributed by atoms with van der Waals surface area (Å²) in [6.07, 6.45) is 3.81. The third-order valence-corrected chi connectivity index (χ3v) is 5.47. The van der Waals surface area contributed by atoms with Crippen LogP contribution >= 0.6 is 10.7 Å². The number of amides is 1. The van der Waals surface area contributed by atoms with E-state index in [-0.39, 0.29) is 22.3 Å². The lowest BCUT2D eigenvalue weighted by Crippen LogP contribution is -2.39. The van der Waals surface area contributed by atoms with Gasteiger partial charge in [-0.1, -0.05) is 13.8 Å². The molecule has 0 spiro atoms. The van der Waals surface area contributed by atoms with Gasteiger partial charge in [0, 0.05) is 16.7 Å². The van der Waals surface area contributed by atoms with Gasteiger partial charge in [0.05, 0.1) is 5.69 Å². The first-order valence-corrected chi connectivity index (χ1v) is 9.21. The summed E-state index contributed by atoms with van der Waals surface area (Å²) < 4.78 is 23.1. The Morgan fingerprint density at radius 3 is 2.48 bits per heavy atom. The average Bonchev–Trinajstić information content (AvgIpc) is 2.74. The summed E-state index contributed by atoms with van der Waals surface area (Å²) in [4.78, 5) is 12.0. The zero-order chi connectivity index (χ0) is 15.8. The molecule has 0 atom stereocenters. The van der Waals surface area contributed by atoms with E-state index < -0.39 is 15.0 Å². The Hall–Kier alpha value is -1.08. The van der Waals surface area contributed by atoms with Crippen LogP contribution in [0.3, 0.4) is 0 Å². The highest BCUT2D eigenvalue weighted by atomic mass is 35.7. The number of hydrogen-bond acceptors (Lipinski definition) is 4. The van der Waals surface area contributed by atoms with E-state index in [0.29, 0.717) is 5.41 Å². The summed E-state index contributed by atoms with van der Waals surface area (Å²) in [5.41, 5.74) is 0.404. The summed E-state index contributed by atoms with van der Waals surface area (Å²) in [7, 11) is 1.36. The number of aromatic nitrogens is 2. The molecule has 0 aliphatic heterocycles. The lowest BCUT2D eigenvalue weighted by molar-refractivity contribution is 0.0900. The van der Waals surface area contributed by atoms with Crippen LogP contribution in [0.25, 0.3) is 0 Å². The third-order valence-electron chi connectivity index (χ3n) is 4.02. The lowest BCUT2D eigenvalue weighted by Gasteiger charge is -2.34. The van der Waals surface area contributed by atoms with Gasteiger partial charge in [0.1, 0.15) is 4.90 Å². The van der Waals surface area contributed by atoms with Gasteiger partial charge in [-0.05, 0) is 38.0 Å². The largest absolute Gasteiger partial charge is 0.348 e. The first-order chi connectivity index (χ1) is 9.60. The number of rotatable bonds is 3. The first-order valence-electron chi connectivity index (χ1n) is 6.91. The van der Waals surface area contributed by atoms with E-state index in [9.17, 15) is 13.2 Å². The van der Waals surface area contributed by atoms with Crippen molar-refractivity contribution in [2.75, 3.05) is 0 Å². The molecule has 8 heteroatoms. The van der Waals surface area contributed by atoms with Gasteiger partial charge in [-0.15, -0.1) is 0 Å². The number of carbonyl (C=O) groups is 1. The van der Waals surface area contributed by atoms with E-state index in [1.54, 1.807) is 0 Å². The van der Waals surface area contributed by atoms with Gasteiger partial charge >= 0.3 is 0 Å². The monoisotopic (exact) mass is 333 g/mol. The quantitative estimate of drug-likeness (QED) is 0.830. The predicted molar refractivity (Wildman–Crippen MR) is 79.9 cm³/mol. The number of aryl methyl sites for hydroxylation is 1. The second-order valence-electron chi connectivity index (χ2n) is 6.38. The van der Waals surface area contributed by atoms with Crippen molar-refractivity contribution in [2.24, 2.45) is 5.41 Å². The molecule has 2 N–H and O–H groups in total. The van der Waals surface area contributed by atoms with Crippen molar-refractivity contribution in [3.8, 4) is 0 Å². The first kappa shape index (κ1) is 16.3. The Bertz CT molecular complexity index is 642. The molecule has 0 bridgehead atoms. The number of nitrogens with zero attached hydrogens (tertiary/aromatic N) is 1. The standard InChI is InChI=1S/C13H20ClN3O3S/c1-8-11(21(14,19)20)10(17-16-8)12(18)15-9-4-6-13(2,3)7-5-9/h9H,4-7H2,1-3H3,(H,15,18)(H,16,17). The van der Waals surface area contributed by atoms with Crippen molar-refractivity contribution in [3.63, 3.8) is 0 Å². The normalized spacial score (nSPS) is 19.4. The molecule has 1 aromatic rings. The van der Waals surface area contributed by atoms with Crippen molar-refractivity contribution in [2.45, 2.75) is 57.4 Å². The second-order valence-corrected chi connectivity index (χ2v) is 8.88. The van der Waals surface area contributed by atoms with Crippen molar-refractivity contribution < 1.29 is 13.2 Å². The third kappa shape index (κ3) is 3.77. The molecule has 1 fully saturated rings. The summed E-state index contributed by atoms with van der Waals surface area (Å²) >= 11 is 0.